The van der Waals surface area contributed by atoms with E-state index in [1.165, 1.54) is 0 Å². The smallest absolute Gasteiger partial charge is 0.321 e. The predicted molar refractivity (Wildman–Crippen MR) is 108 cm³/mol. The van der Waals surface area contributed by atoms with Crippen LogP contribution < -0.4 is 10.6 Å². The molecule has 3 aromatic rings. The predicted octanol–water partition coefficient (Wildman–Crippen LogP) is 3.36. The monoisotopic (exact) mass is 390 g/mol. The molecule has 2 aliphatic rings. The van der Waals surface area contributed by atoms with E-state index in [4.69, 9.17) is 4.42 Å². The molecule has 2 N–H and O–H groups in total. The van der Waals surface area contributed by atoms with E-state index in [0.717, 1.165) is 30.6 Å². The number of fused-ring (bicyclic) bond motifs is 2. The van der Waals surface area contributed by atoms with Crippen molar-refractivity contribution in [2.75, 3.05) is 25.0 Å². The maximum atomic E-state index is 12.4. The summed E-state index contributed by atoms with van der Waals surface area (Å²) in [5, 5.41) is 6.75. The molecule has 5 rings (SSSR count). The van der Waals surface area contributed by atoms with Crippen LogP contribution in [0.5, 0.6) is 0 Å². The first-order valence-corrected chi connectivity index (χ1v) is 9.92. The molecular formula is C22H22N4O3. The molecule has 1 saturated heterocycles. The second-order valence-corrected chi connectivity index (χ2v) is 7.76. The average molecular weight is 390 g/mol. The summed E-state index contributed by atoms with van der Waals surface area (Å²) in [4.78, 5) is 30.5. The van der Waals surface area contributed by atoms with Crippen molar-refractivity contribution in [3.63, 3.8) is 0 Å². The third-order valence-corrected chi connectivity index (χ3v) is 5.99. The summed E-state index contributed by atoms with van der Waals surface area (Å²) in [5.41, 5.74) is 1.43. The van der Waals surface area contributed by atoms with E-state index < -0.39 is 0 Å². The highest BCUT2D eigenvalue weighted by molar-refractivity contribution is 5.95. The summed E-state index contributed by atoms with van der Waals surface area (Å²) in [7, 11) is 0. The van der Waals surface area contributed by atoms with Crippen molar-refractivity contribution in [3.05, 3.63) is 60.6 Å². The molecule has 2 atom stereocenters. The van der Waals surface area contributed by atoms with Gasteiger partial charge in [0, 0.05) is 36.9 Å². The summed E-state index contributed by atoms with van der Waals surface area (Å²) in [6.45, 7) is 2.19. The van der Waals surface area contributed by atoms with Crippen molar-refractivity contribution in [1.82, 2.24) is 15.2 Å². The number of benzene rings is 1. The van der Waals surface area contributed by atoms with Crippen LogP contribution in [0.15, 0.2) is 59.3 Å². The minimum Gasteiger partial charge on any atom is -0.449 e. The molecule has 148 valence electrons. The van der Waals surface area contributed by atoms with Gasteiger partial charge in [-0.25, -0.2) is 4.79 Å². The number of furan rings is 1. The third-order valence-electron chi connectivity index (χ3n) is 5.99. The Morgan fingerprint density at radius 2 is 1.93 bits per heavy atom. The number of nitrogens with one attached hydrogen (secondary N) is 2. The maximum Gasteiger partial charge on any atom is 0.321 e. The first-order valence-electron chi connectivity index (χ1n) is 9.92. The third kappa shape index (κ3) is 3.55. The van der Waals surface area contributed by atoms with Crippen LogP contribution in [0.25, 0.3) is 11.0 Å². The Balaban J connectivity index is 1.06. The molecule has 7 nitrogen and oxygen atoms in total. The number of hydrogen-bond donors (Lipinski definition) is 2. The van der Waals surface area contributed by atoms with Crippen LogP contribution >= 0.6 is 0 Å². The van der Waals surface area contributed by atoms with Gasteiger partial charge in [-0.1, -0.05) is 18.2 Å². The van der Waals surface area contributed by atoms with Gasteiger partial charge in [0.15, 0.2) is 11.3 Å². The van der Waals surface area contributed by atoms with Gasteiger partial charge in [0.1, 0.15) is 0 Å². The highest BCUT2D eigenvalue weighted by atomic mass is 16.3. The van der Waals surface area contributed by atoms with Crippen molar-refractivity contribution in [2.45, 2.75) is 6.42 Å². The molecule has 2 aromatic heterocycles. The Morgan fingerprint density at radius 1 is 1.14 bits per heavy atom. The molecular weight excluding hydrogens is 368 g/mol. The second kappa shape index (κ2) is 7.24. The number of nitrogens with zero attached hydrogens (tertiary/aromatic N) is 2. The normalized spacial score (nSPS) is 22.3. The van der Waals surface area contributed by atoms with Crippen molar-refractivity contribution in [3.8, 4) is 0 Å². The van der Waals surface area contributed by atoms with Gasteiger partial charge in [-0.05, 0) is 48.4 Å². The number of likely N-dealkylation sites (tertiary alicyclic amines) is 1. The Morgan fingerprint density at radius 3 is 2.69 bits per heavy atom. The largest absolute Gasteiger partial charge is 0.449 e. The van der Waals surface area contributed by atoms with Crippen molar-refractivity contribution in [1.29, 1.82) is 0 Å². The lowest BCUT2D eigenvalue weighted by molar-refractivity contribution is 0.0926. The summed E-state index contributed by atoms with van der Waals surface area (Å²) >= 11 is 0. The van der Waals surface area contributed by atoms with Gasteiger partial charge in [-0.15, -0.1) is 0 Å². The van der Waals surface area contributed by atoms with Crippen molar-refractivity contribution in [2.24, 2.45) is 17.8 Å². The van der Waals surface area contributed by atoms with E-state index >= 15 is 0 Å². The first kappa shape index (κ1) is 17.7. The zero-order valence-electron chi connectivity index (χ0n) is 15.9. The zero-order chi connectivity index (χ0) is 19.8. The molecule has 1 saturated carbocycles. The van der Waals surface area contributed by atoms with Crippen LogP contribution in [-0.2, 0) is 0 Å². The molecule has 1 aliphatic heterocycles. The van der Waals surface area contributed by atoms with Crippen LogP contribution in [0.4, 0.5) is 10.5 Å². The molecule has 7 heteroatoms. The quantitative estimate of drug-likeness (QED) is 0.699. The Labute approximate surface area is 168 Å². The Hall–Kier alpha value is -3.35. The number of anilines is 1. The van der Waals surface area contributed by atoms with Crippen molar-refractivity contribution < 1.29 is 14.0 Å². The first-order chi connectivity index (χ1) is 14.2. The molecule has 2 fully saturated rings. The lowest BCUT2D eigenvalue weighted by atomic mass is 10.2. The summed E-state index contributed by atoms with van der Waals surface area (Å²) in [6.07, 6.45) is 4.21. The minimum atomic E-state index is -0.198. The molecule has 0 radical (unpaired) electrons. The molecule has 2 unspecified atom stereocenters. The number of aromatic nitrogens is 1. The van der Waals surface area contributed by atoms with Gasteiger partial charge < -0.3 is 20.0 Å². The van der Waals surface area contributed by atoms with E-state index in [0.29, 0.717) is 35.6 Å². The molecule has 1 aliphatic carbocycles. The molecule has 1 aromatic carbocycles. The van der Waals surface area contributed by atoms with E-state index in [9.17, 15) is 9.59 Å². The van der Waals surface area contributed by atoms with Crippen LogP contribution in [0, 0.1) is 17.8 Å². The maximum absolute atomic E-state index is 12.4. The zero-order valence-corrected chi connectivity index (χ0v) is 15.9. The Bertz CT molecular complexity index is 1000. The number of piperidine rings is 1. The number of urea groups is 1. The lowest BCUT2D eigenvalue weighted by Crippen LogP contribution is -2.35. The Kier molecular flexibility index (Phi) is 4.42. The lowest BCUT2D eigenvalue weighted by Gasteiger charge is -2.20. The highest BCUT2D eigenvalue weighted by Gasteiger charge is 2.55. The van der Waals surface area contributed by atoms with Crippen molar-refractivity contribution >= 4 is 28.6 Å². The number of amides is 3. The van der Waals surface area contributed by atoms with Gasteiger partial charge in [-0.3, -0.25) is 9.78 Å². The van der Waals surface area contributed by atoms with Gasteiger partial charge >= 0.3 is 6.03 Å². The minimum absolute atomic E-state index is 0.0326. The van der Waals surface area contributed by atoms with Crippen LogP contribution in [0.1, 0.15) is 17.0 Å². The number of hydrogen-bond acceptors (Lipinski definition) is 4. The molecule has 29 heavy (non-hydrogen) atoms. The second-order valence-electron chi connectivity index (χ2n) is 7.76. The molecule has 0 spiro atoms. The van der Waals surface area contributed by atoms with Gasteiger partial charge in [0.05, 0.1) is 6.20 Å². The highest BCUT2D eigenvalue weighted by Crippen LogP contribution is 2.53. The fourth-order valence-electron chi connectivity index (χ4n) is 4.40. The van der Waals surface area contributed by atoms with Crippen LogP contribution in [0.2, 0.25) is 0 Å². The average Bonchev–Trinajstić information content (AvgIpc) is 3.11. The standard InChI is InChI=1S/C22H22N4O3/c27-21(19-10-14-6-8-23-11-20(14)29-19)24-9-7-16-17-12-26(13-18(16)17)22(28)25-15-4-2-1-3-5-15/h1-6,8,10-11,16-18H,7,9,12-13H2,(H,24,27)(H,25,28). The van der Waals surface area contributed by atoms with E-state index in [2.05, 4.69) is 15.6 Å². The topological polar surface area (TPSA) is 87.5 Å². The molecule has 3 amide bonds. The number of carbonyl (C=O) groups is 2. The SMILES string of the molecule is O=C(NCCC1C2CN(C(=O)Nc3ccccc3)CC12)c1cc2ccncc2o1. The summed E-state index contributed by atoms with van der Waals surface area (Å²) in [5.74, 6) is 1.79. The number of pyridine rings is 1. The number of para-hydroxylation sites is 1. The van der Waals surface area contributed by atoms with Gasteiger partial charge in [0.2, 0.25) is 0 Å². The van der Waals surface area contributed by atoms with E-state index in [-0.39, 0.29) is 11.9 Å². The molecule has 3 heterocycles. The molecule has 0 bridgehead atoms. The fraction of sp³-hybridized carbons (Fsp3) is 0.318. The number of carbonyl (C=O) groups excluding carboxylic acids is 2. The summed E-state index contributed by atoms with van der Waals surface area (Å²) in [6, 6.07) is 13.0. The van der Waals surface area contributed by atoms with Crippen LogP contribution in [-0.4, -0.2) is 41.5 Å². The fourth-order valence-corrected chi connectivity index (χ4v) is 4.40. The van der Waals surface area contributed by atoms with Crippen LogP contribution in [0.3, 0.4) is 0 Å². The number of rotatable bonds is 5. The van der Waals surface area contributed by atoms with E-state index in [1.54, 1.807) is 18.5 Å². The van der Waals surface area contributed by atoms with E-state index in [1.807, 2.05) is 41.3 Å². The van der Waals surface area contributed by atoms with Gasteiger partial charge in [0.25, 0.3) is 5.91 Å². The van der Waals surface area contributed by atoms with Gasteiger partial charge in [-0.2, -0.15) is 0 Å². The summed E-state index contributed by atoms with van der Waals surface area (Å²) < 4.78 is 5.54.